The SMILES string of the molecule is CCCNCCc1csc(Nc2ccc(CC(=O)O)cc2)n1. The van der Waals surface area contributed by atoms with Crippen molar-refractivity contribution >= 4 is 28.1 Å². The highest BCUT2D eigenvalue weighted by molar-refractivity contribution is 7.13. The molecule has 0 aliphatic heterocycles. The summed E-state index contributed by atoms with van der Waals surface area (Å²) < 4.78 is 0. The van der Waals surface area contributed by atoms with Crippen LogP contribution >= 0.6 is 11.3 Å². The number of carboxylic acid groups (broad SMARTS) is 1. The summed E-state index contributed by atoms with van der Waals surface area (Å²) in [6, 6.07) is 7.39. The quantitative estimate of drug-likeness (QED) is 0.619. The van der Waals surface area contributed by atoms with Crippen LogP contribution in [0.25, 0.3) is 0 Å². The second-order valence-corrected chi connectivity index (χ2v) is 5.89. The van der Waals surface area contributed by atoms with Gasteiger partial charge in [-0.15, -0.1) is 11.3 Å². The van der Waals surface area contributed by atoms with Crippen LogP contribution in [0, 0.1) is 0 Å². The van der Waals surface area contributed by atoms with Crippen molar-refractivity contribution in [2.75, 3.05) is 18.4 Å². The molecule has 1 heterocycles. The number of thiazole rings is 1. The number of anilines is 2. The van der Waals surface area contributed by atoms with Crippen LogP contribution in [-0.4, -0.2) is 29.1 Å². The third kappa shape index (κ3) is 5.46. The van der Waals surface area contributed by atoms with Gasteiger partial charge in [0.25, 0.3) is 0 Å². The van der Waals surface area contributed by atoms with Gasteiger partial charge in [0.15, 0.2) is 5.13 Å². The Labute approximate surface area is 134 Å². The molecular formula is C16H21N3O2S. The fourth-order valence-electron chi connectivity index (χ4n) is 2.00. The molecule has 0 spiro atoms. The van der Waals surface area contributed by atoms with Gasteiger partial charge in [-0.3, -0.25) is 4.79 Å². The number of aliphatic carboxylic acids is 1. The Balaban J connectivity index is 1.85. The van der Waals surface area contributed by atoms with Crippen molar-refractivity contribution in [2.45, 2.75) is 26.2 Å². The Bertz CT molecular complexity index is 596. The lowest BCUT2D eigenvalue weighted by molar-refractivity contribution is -0.136. The molecule has 5 nitrogen and oxygen atoms in total. The number of hydrogen-bond donors (Lipinski definition) is 3. The molecule has 0 radical (unpaired) electrons. The molecule has 118 valence electrons. The zero-order valence-corrected chi connectivity index (χ0v) is 13.4. The minimum Gasteiger partial charge on any atom is -0.481 e. The van der Waals surface area contributed by atoms with Crippen LogP contribution in [0.1, 0.15) is 24.6 Å². The van der Waals surface area contributed by atoms with E-state index in [-0.39, 0.29) is 6.42 Å². The minimum absolute atomic E-state index is 0.0481. The van der Waals surface area contributed by atoms with E-state index < -0.39 is 5.97 Å². The number of benzene rings is 1. The van der Waals surface area contributed by atoms with Crippen LogP contribution in [0.4, 0.5) is 10.8 Å². The molecule has 0 aliphatic rings. The summed E-state index contributed by atoms with van der Waals surface area (Å²) in [5, 5.41) is 18.3. The summed E-state index contributed by atoms with van der Waals surface area (Å²) in [6.07, 6.45) is 2.11. The summed E-state index contributed by atoms with van der Waals surface area (Å²) >= 11 is 1.58. The van der Waals surface area contributed by atoms with Crippen molar-refractivity contribution in [3.8, 4) is 0 Å². The Hall–Kier alpha value is -1.92. The number of rotatable bonds is 9. The fraction of sp³-hybridized carbons (Fsp3) is 0.375. The van der Waals surface area contributed by atoms with E-state index in [0.29, 0.717) is 0 Å². The van der Waals surface area contributed by atoms with E-state index in [1.165, 1.54) is 0 Å². The Morgan fingerprint density at radius 2 is 2.05 bits per heavy atom. The van der Waals surface area contributed by atoms with E-state index >= 15 is 0 Å². The van der Waals surface area contributed by atoms with Gasteiger partial charge < -0.3 is 15.7 Å². The maximum absolute atomic E-state index is 10.6. The maximum atomic E-state index is 10.6. The first-order chi connectivity index (χ1) is 10.7. The lowest BCUT2D eigenvalue weighted by Gasteiger charge is -2.04. The first-order valence-corrected chi connectivity index (χ1v) is 8.28. The standard InChI is InChI=1S/C16H21N3O2S/c1-2-8-17-9-7-14-11-22-16(19-14)18-13-5-3-12(4-6-13)10-15(20)21/h3-6,11,17H,2,7-10H2,1H3,(H,18,19)(H,20,21). The molecule has 2 rings (SSSR count). The van der Waals surface area contributed by atoms with E-state index in [9.17, 15) is 4.79 Å². The Kier molecular flexibility index (Phi) is 6.36. The largest absolute Gasteiger partial charge is 0.481 e. The van der Waals surface area contributed by atoms with Gasteiger partial charge in [0.05, 0.1) is 12.1 Å². The normalized spacial score (nSPS) is 10.6. The average Bonchev–Trinajstić information content (AvgIpc) is 2.93. The van der Waals surface area contributed by atoms with Gasteiger partial charge in [-0.25, -0.2) is 4.98 Å². The van der Waals surface area contributed by atoms with Gasteiger partial charge in [0.2, 0.25) is 0 Å². The van der Waals surface area contributed by atoms with Crippen LogP contribution in [0.5, 0.6) is 0 Å². The number of carbonyl (C=O) groups is 1. The molecule has 0 saturated heterocycles. The van der Waals surface area contributed by atoms with Gasteiger partial charge in [-0.05, 0) is 30.7 Å². The Morgan fingerprint density at radius 3 is 2.73 bits per heavy atom. The monoisotopic (exact) mass is 319 g/mol. The minimum atomic E-state index is -0.818. The molecular weight excluding hydrogens is 298 g/mol. The molecule has 6 heteroatoms. The van der Waals surface area contributed by atoms with Crippen molar-refractivity contribution < 1.29 is 9.90 Å². The average molecular weight is 319 g/mol. The second-order valence-electron chi connectivity index (χ2n) is 5.04. The van der Waals surface area contributed by atoms with Gasteiger partial charge >= 0.3 is 5.97 Å². The van der Waals surface area contributed by atoms with Gasteiger partial charge in [-0.2, -0.15) is 0 Å². The first-order valence-electron chi connectivity index (χ1n) is 7.40. The third-order valence-electron chi connectivity index (χ3n) is 3.10. The summed E-state index contributed by atoms with van der Waals surface area (Å²) in [7, 11) is 0. The lowest BCUT2D eigenvalue weighted by Crippen LogP contribution is -2.17. The third-order valence-corrected chi connectivity index (χ3v) is 3.90. The summed E-state index contributed by atoms with van der Waals surface area (Å²) in [5.41, 5.74) is 2.79. The van der Waals surface area contributed by atoms with Crippen LogP contribution in [0.15, 0.2) is 29.6 Å². The molecule has 0 saturated carbocycles. The predicted octanol–water partition coefficient (Wildman–Crippen LogP) is 3.06. The predicted molar refractivity (Wildman–Crippen MR) is 90.0 cm³/mol. The number of nitrogens with zero attached hydrogens (tertiary/aromatic N) is 1. The molecule has 0 atom stereocenters. The second kappa shape index (κ2) is 8.51. The van der Waals surface area contributed by atoms with Crippen molar-refractivity contribution in [2.24, 2.45) is 0 Å². The first kappa shape index (κ1) is 16.5. The van der Waals surface area contributed by atoms with E-state index in [1.807, 2.05) is 24.3 Å². The van der Waals surface area contributed by atoms with Crippen LogP contribution in [0.3, 0.4) is 0 Å². The molecule has 0 bridgehead atoms. The van der Waals surface area contributed by atoms with Gasteiger partial charge in [0.1, 0.15) is 0 Å². The highest BCUT2D eigenvalue weighted by atomic mass is 32.1. The lowest BCUT2D eigenvalue weighted by atomic mass is 10.1. The number of hydrogen-bond acceptors (Lipinski definition) is 5. The molecule has 0 amide bonds. The van der Waals surface area contributed by atoms with Crippen molar-refractivity contribution in [1.82, 2.24) is 10.3 Å². The zero-order valence-electron chi connectivity index (χ0n) is 12.6. The fourth-order valence-corrected chi connectivity index (χ4v) is 2.77. The molecule has 3 N–H and O–H groups in total. The maximum Gasteiger partial charge on any atom is 0.307 e. The molecule has 2 aromatic rings. The van der Waals surface area contributed by atoms with E-state index in [4.69, 9.17) is 5.11 Å². The van der Waals surface area contributed by atoms with Crippen LogP contribution < -0.4 is 10.6 Å². The van der Waals surface area contributed by atoms with Gasteiger partial charge in [-0.1, -0.05) is 19.1 Å². The number of carboxylic acids is 1. The molecule has 1 aromatic heterocycles. The van der Waals surface area contributed by atoms with Crippen molar-refractivity contribution in [3.63, 3.8) is 0 Å². The Morgan fingerprint density at radius 1 is 1.27 bits per heavy atom. The highest BCUT2D eigenvalue weighted by Gasteiger charge is 2.04. The molecule has 0 fully saturated rings. The number of nitrogens with one attached hydrogen (secondary N) is 2. The van der Waals surface area contributed by atoms with Gasteiger partial charge in [0, 0.05) is 24.0 Å². The van der Waals surface area contributed by atoms with E-state index in [2.05, 4.69) is 27.9 Å². The molecule has 0 aliphatic carbocycles. The number of aromatic nitrogens is 1. The van der Waals surface area contributed by atoms with Crippen molar-refractivity contribution in [3.05, 3.63) is 40.9 Å². The smallest absolute Gasteiger partial charge is 0.307 e. The van der Waals surface area contributed by atoms with Crippen LogP contribution in [0.2, 0.25) is 0 Å². The topological polar surface area (TPSA) is 74.2 Å². The molecule has 22 heavy (non-hydrogen) atoms. The van der Waals surface area contributed by atoms with E-state index in [1.54, 1.807) is 11.3 Å². The summed E-state index contributed by atoms with van der Waals surface area (Å²) in [6.45, 7) is 4.14. The highest BCUT2D eigenvalue weighted by Crippen LogP contribution is 2.21. The zero-order chi connectivity index (χ0) is 15.8. The van der Waals surface area contributed by atoms with Crippen LogP contribution in [-0.2, 0) is 17.6 Å². The van der Waals surface area contributed by atoms with Crippen molar-refractivity contribution in [1.29, 1.82) is 0 Å². The van der Waals surface area contributed by atoms with E-state index in [0.717, 1.165) is 48.0 Å². The molecule has 0 unspecified atom stereocenters. The molecule has 1 aromatic carbocycles. The summed E-state index contributed by atoms with van der Waals surface area (Å²) in [5.74, 6) is -0.818. The summed E-state index contributed by atoms with van der Waals surface area (Å²) in [4.78, 5) is 15.2.